The molecule has 0 N–H and O–H groups in total. The van der Waals surface area contributed by atoms with Gasteiger partial charge in [-0.3, -0.25) is 23.4 Å². The van der Waals surface area contributed by atoms with Crippen molar-refractivity contribution in [1.82, 2.24) is 23.9 Å². The van der Waals surface area contributed by atoms with Crippen molar-refractivity contribution < 1.29 is 4.74 Å². The van der Waals surface area contributed by atoms with Crippen LogP contribution in [0.4, 0.5) is 0 Å². The molecule has 180 valence electrons. The summed E-state index contributed by atoms with van der Waals surface area (Å²) in [6.07, 6.45) is 7.49. The summed E-state index contributed by atoms with van der Waals surface area (Å²) >= 11 is 6.10. The van der Waals surface area contributed by atoms with Gasteiger partial charge in [-0.15, -0.1) is 0 Å². The van der Waals surface area contributed by atoms with Crippen molar-refractivity contribution in [1.29, 1.82) is 0 Å². The summed E-state index contributed by atoms with van der Waals surface area (Å²) in [7, 11) is 1.70. The molecule has 8 nitrogen and oxygen atoms in total. The summed E-state index contributed by atoms with van der Waals surface area (Å²) in [5.74, 6) is 0.482. The molecule has 1 saturated carbocycles. The summed E-state index contributed by atoms with van der Waals surface area (Å²) in [4.78, 5) is 31.8. The van der Waals surface area contributed by atoms with Gasteiger partial charge in [0.25, 0.3) is 11.1 Å². The highest BCUT2D eigenvalue weighted by Crippen LogP contribution is 2.39. The van der Waals surface area contributed by atoms with E-state index in [4.69, 9.17) is 16.3 Å². The second-order valence-electron chi connectivity index (χ2n) is 9.54. The zero-order chi connectivity index (χ0) is 24.3. The topological polar surface area (TPSA) is 83.9 Å². The number of fused-ring (bicyclic) bond motifs is 1. The van der Waals surface area contributed by atoms with E-state index in [0.29, 0.717) is 58.6 Å². The third-order valence-corrected chi connectivity index (χ3v) is 7.47. The van der Waals surface area contributed by atoms with E-state index in [1.807, 2.05) is 10.9 Å². The lowest BCUT2D eigenvalue weighted by Crippen LogP contribution is -2.31. The van der Waals surface area contributed by atoms with Crippen molar-refractivity contribution >= 4 is 22.6 Å². The predicted octanol–water partition coefficient (Wildman–Crippen LogP) is 4.21. The van der Waals surface area contributed by atoms with Crippen molar-refractivity contribution in [2.75, 3.05) is 6.61 Å². The minimum atomic E-state index is -0.175. The summed E-state index contributed by atoms with van der Waals surface area (Å²) in [6.45, 7) is 2.29. The van der Waals surface area contributed by atoms with E-state index in [1.54, 1.807) is 48.9 Å². The number of benzene rings is 1. The lowest BCUT2D eigenvalue weighted by atomic mass is 9.87. The first-order chi connectivity index (χ1) is 16.9. The van der Waals surface area contributed by atoms with Crippen LogP contribution in [0.5, 0.6) is 0 Å². The lowest BCUT2D eigenvalue weighted by molar-refractivity contribution is 0.00501. The van der Waals surface area contributed by atoms with E-state index < -0.39 is 0 Å². The van der Waals surface area contributed by atoms with Crippen LogP contribution in [-0.2, 0) is 11.8 Å². The number of hydrogen-bond donors (Lipinski definition) is 0. The minimum Gasteiger partial charge on any atom is -0.373 e. The molecule has 9 heteroatoms. The Morgan fingerprint density at radius 3 is 2.60 bits per heavy atom. The quantitative estimate of drug-likeness (QED) is 0.427. The van der Waals surface area contributed by atoms with Gasteiger partial charge in [-0.25, -0.2) is 4.98 Å². The number of ether oxygens (including phenoxy) is 1. The van der Waals surface area contributed by atoms with Gasteiger partial charge in [0, 0.05) is 36.0 Å². The van der Waals surface area contributed by atoms with Gasteiger partial charge < -0.3 is 4.74 Å². The molecule has 2 atom stereocenters. The van der Waals surface area contributed by atoms with Crippen LogP contribution in [0.1, 0.15) is 60.7 Å². The Bertz CT molecular complexity index is 1550. The number of aromatic nitrogens is 5. The molecule has 2 unspecified atom stereocenters. The highest BCUT2D eigenvalue weighted by atomic mass is 35.5. The Balaban J connectivity index is 1.48. The molecule has 2 fully saturated rings. The Morgan fingerprint density at radius 2 is 1.86 bits per heavy atom. The van der Waals surface area contributed by atoms with Gasteiger partial charge >= 0.3 is 0 Å². The molecule has 0 amide bonds. The van der Waals surface area contributed by atoms with Crippen LogP contribution in [-0.4, -0.2) is 30.5 Å². The predicted molar refractivity (Wildman–Crippen MR) is 133 cm³/mol. The molecule has 0 radical (unpaired) electrons. The molecular weight excluding hydrogens is 466 g/mol. The summed E-state index contributed by atoms with van der Waals surface area (Å²) in [5, 5.41) is 5.50. The lowest BCUT2D eigenvalue weighted by Gasteiger charge is -2.29. The maximum Gasteiger partial charge on any atom is 0.262 e. The van der Waals surface area contributed by atoms with Gasteiger partial charge in [0.15, 0.2) is 5.65 Å². The van der Waals surface area contributed by atoms with Crippen LogP contribution < -0.4 is 11.1 Å². The number of rotatable bonds is 4. The molecule has 35 heavy (non-hydrogen) atoms. The van der Waals surface area contributed by atoms with Gasteiger partial charge in [0.1, 0.15) is 5.82 Å². The SMILES string of the molecule is Cc1nc2c(cc(C3CCOC(c4cnn(C5CC5)c4)C3)c(=O)n2-c2ccc(Cl)cc2)c(=O)n1C. The van der Waals surface area contributed by atoms with Crippen molar-refractivity contribution in [2.45, 2.75) is 50.7 Å². The Hall–Kier alpha value is -3.23. The van der Waals surface area contributed by atoms with E-state index in [2.05, 4.69) is 16.3 Å². The van der Waals surface area contributed by atoms with E-state index >= 15 is 0 Å². The molecular formula is C26H26ClN5O3. The Morgan fingerprint density at radius 1 is 1.09 bits per heavy atom. The molecule has 4 aromatic rings. The molecule has 0 spiro atoms. The first-order valence-electron chi connectivity index (χ1n) is 12.0. The summed E-state index contributed by atoms with van der Waals surface area (Å²) < 4.78 is 11.2. The molecule has 4 heterocycles. The van der Waals surface area contributed by atoms with Crippen LogP contribution in [0.25, 0.3) is 16.7 Å². The van der Waals surface area contributed by atoms with Crippen LogP contribution >= 0.6 is 11.6 Å². The van der Waals surface area contributed by atoms with Crippen LogP contribution in [0.3, 0.4) is 0 Å². The first-order valence-corrected chi connectivity index (χ1v) is 12.3. The van der Waals surface area contributed by atoms with Gasteiger partial charge in [-0.05, 0) is 68.9 Å². The zero-order valence-corrected chi connectivity index (χ0v) is 20.4. The molecule has 6 rings (SSSR count). The largest absolute Gasteiger partial charge is 0.373 e. The Kier molecular flexibility index (Phi) is 5.38. The van der Waals surface area contributed by atoms with Gasteiger partial charge in [0.2, 0.25) is 0 Å². The van der Waals surface area contributed by atoms with Gasteiger partial charge in [-0.2, -0.15) is 5.10 Å². The van der Waals surface area contributed by atoms with E-state index in [-0.39, 0.29) is 23.1 Å². The number of nitrogens with zero attached hydrogens (tertiary/aromatic N) is 5. The van der Waals surface area contributed by atoms with Gasteiger partial charge in [-0.1, -0.05) is 11.6 Å². The van der Waals surface area contributed by atoms with Crippen LogP contribution in [0, 0.1) is 6.92 Å². The molecule has 1 aliphatic heterocycles. The molecule has 1 aliphatic carbocycles. The first kappa shape index (κ1) is 22.2. The number of aryl methyl sites for hydroxylation is 1. The monoisotopic (exact) mass is 491 g/mol. The fraction of sp³-hybridized carbons (Fsp3) is 0.385. The molecule has 3 aromatic heterocycles. The second kappa shape index (κ2) is 8.46. The highest BCUT2D eigenvalue weighted by molar-refractivity contribution is 6.30. The molecule has 1 saturated heterocycles. The smallest absolute Gasteiger partial charge is 0.262 e. The number of pyridine rings is 1. The van der Waals surface area contributed by atoms with Crippen LogP contribution in [0.15, 0.2) is 52.3 Å². The van der Waals surface area contributed by atoms with E-state index in [0.717, 1.165) is 5.56 Å². The Labute approximate surface area is 206 Å². The average Bonchev–Trinajstić information content (AvgIpc) is 3.60. The van der Waals surface area contributed by atoms with Gasteiger partial charge in [0.05, 0.1) is 29.4 Å². The fourth-order valence-electron chi connectivity index (χ4n) is 4.94. The zero-order valence-electron chi connectivity index (χ0n) is 19.6. The van der Waals surface area contributed by atoms with Crippen molar-refractivity contribution in [3.63, 3.8) is 0 Å². The van der Waals surface area contributed by atoms with Crippen LogP contribution in [0.2, 0.25) is 5.02 Å². The molecule has 0 bridgehead atoms. The standard InChI is InChI=1S/C26H26ClN5O3/c1-15-29-24-22(25(33)30(15)2)12-21(26(34)32(24)20-5-3-18(27)4-6-20)16-9-10-35-23(11-16)17-13-28-31(14-17)19-7-8-19/h3-6,12-14,16,19,23H,7-11H2,1-2H3. The van der Waals surface area contributed by atoms with Crippen molar-refractivity contribution in [3.05, 3.63) is 85.4 Å². The average molecular weight is 492 g/mol. The minimum absolute atomic E-state index is 0.0560. The maximum absolute atomic E-state index is 13.9. The third-order valence-electron chi connectivity index (χ3n) is 7.21. The molecule has 2 aliphatic rings. The van der Waals surface area contributed by atoms with E-state index in [1.165, 1.54) is 17.4 Å². The summed E-state index contributed by atoms with van der Waals surface area (Å²) in [5.41, 5.74) is 2.29. The number of halogens is 1. The maximum atomic E-state index is 13.9. The number of hydrogen-bond acceptors (Lipinski definition) is 5. The van der Waals surface area contributed by atoms with Crippen molar-refractivity contribution in [2.24, 2.45) is 7.05 Å². The fourth-order valence-corrected chi connectivity index (χ4v) is 5.07. The van der Waals surface area contributed by atoms with Crippen molar-refractivity contribution in [3.8, 4) is 5.69 Å². The highest BCUT2D eigenvalue weighted by Gasteiger charge is 2.31. The summed E-state index contributed by atoms with van der Waals surface area (Å²) in [6, 6.07) is 9.28. The second-order valence-corrected chi connectivity index (χ2v) is 9.98. The normalized spacial score (nSPS) is 20.4. The van der Waals surface area contributed by atoms with E-state index in [9.17, 15) is 9.59 Å². The molecule has 1 aromatic carbocycles. The third kappa shape index (κ3) is 3.90.